The van der Waals surface area contributed by atoms with E-state index < -0.39 is 5.54 Å². The molecule has 175 valence electrons. The Labute approximate surface area is 202 Å². The molecular weight excluding hydrogens is 446 g/mol. The molecule has 2 heterocycles. The van der Waals surface area contributed by atoms with E-state index >= 15 is 0 Å². The Balaban J connectivity index is 1.43. The predicted molar refractivity (Wildman–Crippen MR) is 131 cm³/mol. The normalized spacial score (nSPS) is 19.8. The van der Waals surface area contributed by atoms with Crippen LogP contribution in [0.15, 0.2) is 42.6 Å². The van der Waals surface area contributed by atoms with Crippen molar-refractivity contribution in [3.63, 3.8) is 0 Å². The molecular formula is C26H28N3O4Si. The standard InChI is InChI=1S/C26H28N3O4Si/c1-15-11-22(30)23(33-25(34)21-6-10-29(21)2)14-18(15)24(31)28-26(7-8-26)19-12-16(32-3)13-20-17(19)5-4-9-27-20/h4-5,9,11-14,21,25,30H,6-8,10H2,1-3H3,(H,28,31)/t21-,25?/m0/s1. The molecule has 0 spiro atoms. The van der Waals surface area contributed by atoms with Crippen molar-refractivity contribution in [1.82, 2.24) is 15.2 Å². The fraction of sp³-hybridized carbons (Fsp3) is 0.385. The Morgan fingerprint density at radius 3 is 2.76 bits per heavy atom. The number of nitrogens with one attached hydrogen (secondary N) is 1. The number of aromatic hydroxyl groups is 1. The van der Waals surface area contributed by atoms with Gasteiger partial charge in [0, 0.05) is 29.3 Å². The highest BCUT2D eigenvalue weighted by Gasteiger charge is 2.47. The van der Waals surface area contributed by atoms with Crippen molar-refractivity contribution in [2.24, 2.45) is 0 Å². The second-order valence-electron chi connectivity index (χ2n) is 9.29. The quantitative estimate of drug-likeness (QED) is 0.512. The van der Waals surface area contributed by atoms with Crippen LogP contribution in [0.25, 0.3) is 10.9 Å². The number of carbonyl (C=O) groups excluding carboxylic acids is 1. The van der Waals surface area contributed by atoms with Crippen LogP contribution >= 0.6 is 0 Å². The molecule has 3 aromatic rings. The largest absolute Gasteiger partial charge is 0.504 e. The minimum Gasteiger partial charge on any atom is -0.504 e. The van der Waals surface area contributed by atoms with Crippen LogP contribution < -0.4 is 14.8 Å². The topological polar surface area (TPSA) is 83.9 Å². The van der Waals surface area contributed by atoms with Gasteiger partial charge < -0.3 is 24.8 Å². The van der Waals surface area contributed by atoms with E-state index in [9.17, 15) is 9.90 Å². The molecule has 1 amide bonds. The van der Waals surface area contributed by atoms with Gasteiger partial charge >= 0.3 is 0 Å². The van der Waals surface area contributed by atoms with E-state index in [1.54, 1.807) is 25.4 Å². The van der Waals surface area contributed by atoms with E-state index in [0.717, 1.165) is 42.3 Å². The number of phenols is 1. The molecule has 0 bridgehead atoms. The molecule has 1 saturated heterocycles. The van der Waals surface area contributed by atoms with Crippen molar-refractivity contribution in [2.75, 3.05) is 20.7 Å². The molecule has 34 heavy (non-hydrogen) atoms. The molecule has 1 aliphatic heterocycles. The van der Waals surface area contributed by atoms with E-state index in [1.807, 2.05) is 38.2 Å². The van der Waals surface area contributed by atoms with Crippen LogP contribution in [-0.2, 0) is 5.54 Å². The number of likely N-dealkylation sites (tertiary alicyclic amines) is 1. The number of carbonyl (C=O) groups is 1. The number of rotatable bonds is 7. The molecule has 2 N–H and O–H groups in total. The summed E-state index contributed by atoms with van der Waals surface area (Å²) in [6.45, 7) is 2.83. The number of ether oxygens (including phenoxy) is 2. The summed E-state index contributed by atoms with van der Waals surface area (Å²) in [7, 11) is 7.30. The number of amides is 1. The molecule has 1 aromatic heterocycles. The van der Waals surface area contributed by atoms with Crippen molar-refractivity contribution in [3.8, 4) is 17.2 Å². The molecule has 1 saturated carbocycles. The van der Waals surface area contributed by atoms with Crippen molar-refractivity contribution in [3.05, 3.63) is 59.3 Å². The second kappa shape index (κ2) is 8.59. The van der Waals surface area contributed by atoms with E-state index in [1.165, 1.54) is 0 Å². The highest BCUT2D eigenvalue weighted by molar-refractivity contribution is 6.11. The lowest BCUT2D eigenvalue weighted by atomic mass is 9.97. The maximum absolute atomic E-state index is 13.5. The SMILES string of the molecule is COc1cc(C2(NC(=O)c3cc(OC([Si])[C@@H]4CCN4C)c(O)cc3C)CC2)c2cccnc2c1. The summed E-state index contributed by atoms with van der Waals surface area (Å²) in [6, 6.07) is 11.2. The Kier molecular flexibility index (Phi) is 5.73. The van der Waals surface area contributed by atoms with Gasteiger partial charge in [0.05, 0.1) is 34.1 Å². The molecule has 7 nitrogen and oxygen atoms in total. The van der Waals surface area contributed by atoms with E-state index in [0.29, 0.717) is 16.9 Å². The highest BCUT2D eigenvalue weighted by Crippen LogP contribution is 2.49. The number of nitrogens with zero attached hydrogens (tertiary/aromatic N) is 2. The number of hydrogen-bond acceptors (Lipinski definition) is 6. The van der Waals surface area contributed by atoms with Crippen LogP contribution in [-0.4, -0.2) is 63.6 Å². The minimum absolute atomic E-state index is 0.0188. The minimum atomic E-state index is -0.482. The summed E-state index contributed by atoms with van der Waals surface area (Å²) in [5.41, 5.74) is 2.23. The van der Waals surface area contributed by atoms with Crippen molar-refractivity contribution < 1.29 is 19.4 Å². The number of likely N-dealkylation sites (N-methyl/N-ethyl adjacent to an activating group) is 1. The van der Waals surface area contributed by atoms with Crippen molar-refractivity contribution >= 4 is 27.1 Å². The Bertz CT molecular complexity index is 1260. The number of phenolic OH excluding ortho intramolecular Hbond substituents is 1. The number of aryl methyl sites for hydroxylation is 1. The Morgan fingerprint density at radius 1 is 1.32 bits per heavy atom. The van der Waals surface area contributed by atoms with Gasteiger partial charge in [-0.15, -0.1) is 0 Å². The first kappa shape index (κ1) is 22.7. The monoisotopic (exact) mass is 474 g/mol. The van der Waals surface area contributed by atoms with Gasteiger partial charge in [0.15, 0.2) is 11.5 Å². The average molecular weight is 475 g/mol. The lowest BCUT2D eigenvalue weighted by Crippen LogP contribution is -2.53. The van der Waals surface area contributed by atoms with E-state index in [-0.39, 0.29) is 29.2 Å². The molecule has 2 fully saturated rings. The van der Waals surface area contributed by atoms with Gasteiger partial charge in [0.25, 0.3) is 5.91 Å². The molecule has 1 unspecified atom stereocenters. The predicted octanol–water partition coefficient (Wildman–Crippen LogP) is 3.25. The van der Waals surface area contributed by atoms with Crippen molar-refractivity contribution in [2.45, 2.75) is 43.5 Å². The molecule has 2 aliphatic rings. The van der Waals surface area contributed by atoms with Crippen LogP contribution in [0.2, 0.25) is 0 Å². The summed E-state index contributed by atoms with van der Waals surface area (Å²) in [4.78, 5) is 20.1. The maximum atomic E-state index is 13.5. The van der Waals surface area contributed by atoms with Gasteiger partial charge in [-0.3, -0.25) is 9.78 Å². The lowest BCUT2D eigenvalue weighted by molar-refractivity contribution is 0.0550. The zero-order chi connectivity index (χ0) is 24.0. The van der Waals surface area contributed by atoms with Gasteiger partial charge in [0.1, 0.15) is 5.75 Å². The van der Waals surface area contributed by atoms with Crippen LogP contribution in [0.3, 0.4) is 0 Å². The average Bonchev–Trinajstić information content (AvgIpc) is 3.59. The third-order valence-corrected chi connectivity index (χ3v) is 7.55. The fourth-order valence-corrected chi connectivity index (χ4v) is 5.24. The second-order valence-corrected chi connectivity index (χ2v) is 9.86. The smallest absolute Gasteiger partial charge is 0.252 e. The number of aromatic nitrogens is 1. The summed E-state index contributed by atoms with van der Waals surface area (Å²) >= 11 is 0. The van der Waals surface area contributed by atoms with Gasteiger partial charge in [-0.25, -0.2) is 0 Å². The number of pyridine rings is 1. The molecule has 1 aliphatic carbocycles. The molecule has 5 rings (SSSR count). The molecule has 2 aromatic carbocycles. The zero-order valence-electron chi connectivity index (χ0n) is 19.6. The number of benzene rings is 2. The van der Waals surface area contributed by atoms with E-state index in [4.69, 9.17) is 9.47 Å². The van der Waals surface area contributed by atoms with Gasteiger partial charge in [-0.05, 0) is 75.2 Å². The van der Waals surface area contributed by atoms with Gasteiger partial charge in [0.2, 0.25) is 0 Å². The fourth-order valence-electron chi connectivity index (χ4n) is 4.69. The summed E-state index contributed by atoms with van der Waals surface area (Å²) in [5, 5.41) is 14.7. The zero-order valence-corrected chi connectivity index (χ0v) is 20.6. The van der Waals surface area contributed by atoms with Gasteiger partial charge in [-0.2, -0.15) is 0 Å². The maximum Gasteiger partial charge on any atom is 0.252 e. The molecule has 3 radical (unpaired) electrons. The van der Waals surface area contributed by atoms with Gasteiger partial charge in [-0.1, -0.05) is 6.07 Å². The number of hydrogen-bond donors (Lipinski definition) is 2. The third-order valence-electron chi connectivity index (χ3n) is 7.05. The molecule has 2 atom stereocenters. The first-order chi connectivity index (χ1) is 16.3. The third kappa shape index (κ3) is 4.01. The first-order valence-electron chi connectivity index (χ1n) is 11.5. The summed E-state index contributed by atoms with van der Waals surface area (Å²) in [6.07, 6.45) is 4.42. The summed E-state index contributed by atoms with van der Waals surface area (Å²) < 4.78 is 11.5. The van der Waals surface area contributed by atoms with Crippen LogP contribution in [0.1, 0.15) is 40.7 Å². The van der Waals surface area contributed by atoms with Crippen molar-refractivity contribution in [1.29, 1.82) is 0 Å². The van der Waals surface area contributed by atoms with Crippen LogP contribution in [0.4, 0.5) is 0 Å². The molecule has 8 heteroatoms. The summed E-state index contributed by atoms with van der Waals surface area (Å²) in [5.74, 6) is 0.815. The Hall–Kier alpha value is -3.10. The highest BCUT2D eigenvalue weighted by atomic mass is 28.1. The lowest BCUT2D eigenvalue weighted by Gasteiger charge is -2.41. The Morgan fingerprint density at radius 2 is 2.12 bits per heavy atom. The number of fused-ring (bicyclic) bond motifs is 1. The van der Waals surface area contributed by atoms with Crippen LogP contribution in [0, 0.1) is 6.92 Å². The first-order valence-corrected chi connectivity index (χ1v) is 12.1. The van der Waals surface area contributed by atoms with Crippen LogP contribution in [0.5, 0.6) is 17.2 Å². The van der Waals surface area contributed by atoms with E-state index in [2.05, 4.69) is 25.4 Å². The number of methoxy groups -OCH3 is 1.